The lowest BCUT2D eigenvalue weighted by Crippen LogP contribution is -2.29. The lowest BCUT2D eigenvalue weighted by atomic mass is 10.1. The fourth-order valence-corrected chi connectivity index (χ4v) is 3.36. The molecule has 0 unspecified atom stereocenters. The van der Waals surface area contributed by atoms with Gasteiger partial charge in [0.05, 0.1) is 12.8 Å². The van der Waals surface area contributed by atoms with Crippen LogP contribution in [-0.4, -0.2) is 30.5 Å². The molecular formula is C18H20FN3O3S. The van der Waals surface area contributed by atoms with Crippen LogP contribution in [0.1, 0.15) is 19.8 Å². The predicted octanol–water partition coefficient (Wildman–Crippen LogP) is 3.06. The van der Waals surface area contributed by atoms with E-state index in [1.165, 1.54) is 36.6 Å². The summed E-state index contributed by atoms with van der Waals surface area (Å²) < 4.78 is 18.7. The van der Waals surface area contributed by atoms with E-state index < -0.39 is 0 Å². The van der Waals surface area contributed by atoms with Crippen molar-refractivity contribution in [2.45, 2.75) is 19.8 Å². The van der Waals surface area contributed by atoms with Crippen molar-refractivity contribution >= 4 is 28.3 Å². The van der Waals surface area contributed by atoms with Gasteiger partial charge in [0.15, 0.2) is 5.13 Å². The van der Waals surface area contributed by atoms with E-state index in [1.54, 1.807) is 5.38 Å². The number of nitrogens with zero attached hydrogens (tertiary/aromatic N) is 1. The second-order valence-corrected chi connectivity index (χ2v) is 7.15. The molecule has 3 rings (SSSR count). The first-order valence-corrected chi connectivity index (χ1v) is 9.23. The number of methoxy groups -OCH3 is 1. The molecule has 2 amide bonds. The Morgan fingerprint density at radius 1 is 1.42 bits per heavy atom. The Kier molecular flexibility index (Phi) is 5.51. The van der Waals surface area contributed by atoms with Crippen LogP contribution < -0.4 is 15.4 Å². The summed E-state index contributed by atoms with van der Waals surface area (Å²) in [5.41, 5.74) is 1.05. The Bertz CT molecular complexity index is 824. The molecule has 1 aromatic heterocycles. The van der Waals surface area contributed by atoms with E-state index in [-0.39, 0.29) is 30.0 Å². The quantitative estimate of drug-likeness (QED) is 0.777. The molecule has 1 aliphatic carbocycles. The summed E-state index contributed by atoms with van der Waals surface area (Å²) in [4.78, 5) is 28.0. The fraction of sp³-hybridized carbons (Fsp3) is 0.389. The zero-order chi connectivity index (χ0) is 18.7. The van der Waals surface area contributed by atoms with Gasteiger partial charge >= 0.3 is 0 Å². The fourth-order valence-electron chi connectivity index (χ4n) is 2.63. The number of hydrogen-bond donors (Lipinski definition) is 2. The van der Waals surface area contributed by atoms with Crippen molar-refractivity contribution in [1.29, 1.82) is 0 Å². The van der Waals surface area contributed by atoms with Crippen molar-refractivity contribution in [1.82, 2.24) is 10.3 Å². The van der Waals surface area contributed by atoms with Crippen LogP contribution >= 0.6 is 11.3 Å². The van der Waals surface area contributed by atoms with Gasteiger partial charge in [-0.05, 0) is 30.5 Å². The molecule has 0 aliphatic heterocycles. The molecule has 1 saturated carbocycles. The maximum atomic E-state index is 13.5. The van der Waals surface area contributed by atoms with Crippen LogP contribution in [-0.2, 0) is 9.59 Å². The first-order valence-electron chi connectivity index (χ1n) is 8.35. The second kappa shape index (κ2) is 7.82. The molecule has 0 saturated heterocycles. The third-order valence-corrected chi connectivity index (χ3v) is 5.04. The van der Waals surface area contributed by atoms with E-state index in [2.05, 4.69) is 15.6 Å². The summed E-state index contributed by atoms with van der Waals surface area (Å²) in [7, 11) is 1.50. The number of aromatic nitrogens is 1. The largest absolute Gasteiger partial charge is 0.496 e. The number of anilines is 1. The molecule has 26 heavy (non-hydrogen) atoms. The minimum atomic E-state index is -0.389. The molecule has 2 N–H and O–H groups in total. The Labute approximate surface area is 154 Å². The number of carbonyl (C=O) groups excluding carboxylic acids is 2. The lowest BCUT2D eigenvalue weighted by molar-refractivity contribution is -0.122. The van der Waals surface area contributed by atoms with Gasteiger partial charge in [-0.1, -0.05) is 6.92 Å². The van der Waals surface area contributed by atoms with Gasteiger partial charge in [0.25, 0.3) is 0 Å². The average molecular weight is 377 g/mol. The van der Waals surface area contributed by atoms with E-state index in [0.29, 0.717) is 34.6 Å². The number of nitrogens with one attached hydrogen (secondary N) is 2. The SMILES string of the molecule is COc1ccc(F)cc1-c1csc(NC(=O)CCNC(=O)[C@@H]2C[C@@H]2C)n1. The number of thiazole rings is 1. The zero-order valence-electron chi connectivity index (χ0n) is 14.5. The third kappa shape index (κ3) is 4.37. The molecule has 0 radical (unpaired) electrons. The third-order valence-electron chi connectivity index (χ3n) is 4.29. The van der Waals surface area contributed by atoms with Gasteiger partial charge in [-0.2, -0.15) is 0 Å². The molecule has 2 aromatic rings. The van der Waals surface area contributed by atoms with Crippen molar-refractivity contribution < 1.29 is 18.7 Å². The molecule has 138 valence electrons. The minimum absolute atomic E-state index is 0.0139. The standard InChI is InChI=1S/C18H20FN3O3S/c1-10-7-12(10)17(24)20-6-5-16(23)22-18-21-14(9-26-18)13-8-11(19)3-4-15(13)25-2/h3-4,8-10,12H,5-7H2,1-2H3,(H,20,24)(H,21,22,23)/t10-,12+/m0/s1. The Balaban J connectivity index is 1.54. The van der Waals surface area contributed by atoms with Crippen LogP contribution in [0.3, 0.4) is 0 Å². The summed E-state index contributed by atoms with van der Waals surface area (Å²) in [6, 6.07) is 4.19. The molecule has 1 aliphatic rings. The second-order valence-electron chi connectivity index (χ2n) is 6.29. The number of ether oxygens (including phenoxy) is 1. The number of hydrogen-bond acceptors (Lipinski definition) is 5. The number of benzene rings is 1. The van der Waals surface area contributed by atoms with Crippen LogP contribution in [0.4, 0.5) is 9.52 Å². The van der Waals surface area contributed by atoms with Gasteiger partial charge in [-0.15, -0.1) is 11.3 Å². The first kappa shape index (κ1) is 18.3. The molecular weight excluding hydrogens is 357 g/mol. The maximum Gasteiger partial charge on any atom is 0.227 e. The van der Waals surface area contributed by atoms with E-state index in [9.17, 15) is 14.0 Å². The van der Waals surface area contributed by atoms with Gasteiger partial charge < -0.3 is 15.4 Å². The van der Waals surface area contributed by atoms with E-state index >= 15 is 0 Å². The summed E-state index contributed by atoms with van der Waals surface area (Å²) in [5, 5.41) is 7.60. The van der Waals surface area contributed by atoms with Gasteiger partial charge in [0.1, 0.15) is 11.6 Å². The van der Waals surface area contributed by atoms with Crippen molar-refractivity contribution in [3.8, 4) is 17.0 Å². The molecule has 8 heteroatoms. The van der Waals surface area contributed by atoms with Crippen LogP contribution in [0.25, 0.3) is 11.3 Å². The van der Waals surface area contributed by atoms with E-state index in [0.717, 1.165) is 6.42 Å². The van der Waals surface area contributed by atoms with E-state index in [1.807, 2.05) is 6.92 Å². The monoisotopic (exact) mass is 377 g/mol. The van der Waals surface area contributed by atoms with Crippen LogP contribution in [0.5, 0.6) is 5.75 Å². The lowest BCUT2D eigenvalue weighted by Gasteiger charge is -2.06. The maximum absolute atomic E-state index is 13.5. The van der Waals surface area contributed by atoms with Crippen LogP contribution in [0.2, 0.25) is 0 Å². The van der Waals surface area contributed by atoms with Crippen molar-refractivity contribution in [3.63, 3.8) is 0 Å². The molecule has 1 heterocycles. The summed E-state index contributed by atoms with van der Waals surface area (Å²) >= 11 is 1.24. The summed E-state index contributed by atoms with van der Waals surface area (Å²) in [6.07, 6.45) is 1.09. The topological polar surface area (TPSA) is 80.3 Å². The van der Waals surface area contributed by atoms with Crippen molar-refractivity contribution in [3.05, 3.63) is 29.4 Å². The van der Waals surface area contributed by atoms with Gasteiger partial charge in [-0.25, -0.2) is 9.37 Å². The van der Waals surface area contributed by atoms with Gasteiger partial charge in [0.2, 0.25) is 11.8 Å². The number of carbonyl (C=O) groups is 2. The summed E-state index contributed by atoms with van der Waals surface area (Å²) in [6.45, 7) is 2.33. The molecule has 6 nitrogen and oxygen atoms in total. The molecule has 2 atom stereocenters. The predicted molar refractivity (Wildman–Crippen MR) is 97.6 cm³/mol. The van der Waals surface area contributed by atoms with Crippen molar-refractivity contribution in [2.24, 2.45) is 11.8 Å². The highest BCUT2D eigenvalue weighted by molar-refractivity contribution is 7.14. The summed E-state index contributed by atoms with van der Waals surface area (Å²) in [5.74, 6) is 0.436. The Morgan fingerprint density at radius 3 is 2.88 bits per heavy atom. The van der Waals surface area contributed by atoms with Crippen LogP contribution in [0.15, 0.2) is 23.6 Å². The smallest absolute Gasteiger partial charge is 0.227 e. The molecule has 1 aromatic carbocycles. The van der Waals surface area contributed by atoms with Crippen LogP contribution in [0, 0.1) is 17.7 Å². The molecule has 0 bridgehead atoms. The zero-order valence-corrected chi connectivity index (χ0v) is 15.4. The van der Waals surface area contributed by atoms with Gasteiger partial charge in [-0.3, -0.25) is 9.59 Å². The molecule has 0 spiro atoms. The average Bonchev–Trinajstić information content (AvgIpc) is 3.17. The minimum Gasteiger partial charge on any atom is -0.496 e. The molecule has 1 fully saturated rings. The van der Waals surface area contributed by atoms with Crippen molar-refractivity contribution in [2.75, 3.05) is 19.0 Å². The first-order chi connectivity index (χ1) is 12.5. The van der Waals surface area contributed by atoms with E-state index in [4.69, 9.17) is 4.74 Å². The number of amides is 2. The highest BCUT2D eigenvalue weighted by Gasteiger charge is 2.38. The normalized spacial score (nSPS) is 18.3. The highest BCUT2D eigenvalue weighted by Crippen LogP contribution is 2.37. The van der Waals surface area contributed by atoms with Gasteiger partial charge in [0, 0.05) is 29.8 Å². The highest BCUT2D eigenvalue weighted by atomic mass is 32.1. The Morgan fingerprint density at radius 2 is 2.19 bits per heavy atom. The Hall–Kier alpha value is -2.48. The number of halogens is 1. The number of rotatable bonds is 7.